The molecule has 0 aromatic carbocycles. The van der Waals surface area contributed by atoms with Gasteiger partial charge in [0.2, 0.25) is 0 Å². The third-order valence-corrected chi connectivity index (χ3v) is 11.4. The Morgan fingerprint density at radius 2 is 1.30 bits per heavy atom. The number of aliphatic hydroxyl groups is 1. The van der Waals surface area contributed by atoms with E-state index in [1.54, 1.807) is 6.92 Å². The SMILES string of the molecule is CC(=O)OC[C@@]12C(OC(C)=O)C(OC(C)=O)C3OC(=O)C(C)C(C)c4ncccc4C(=O)OC[C@]4(C)O[C@@]1(C(OC(C)=O)[C@H]4C(OC(C)=O)C2OC(C)=O)[C@@]3(C)O. The molecule has 57 heavy (non-hydrogen) atoms. The standard InChI is InChI=1S/C38H47NO18/c1-16-17(2)33(46)56-30-28(52-20(5)42)32(55-23(8)45)37(15-49-18(3)40)31(54-22(7)44)27(51-19(4)41)25-29(53-21(6)43)38(37,36(30,10)48)57-35(25,9)14-50-34(47)24-12-11-13-39-26(16)24/h11-13,16-17,25,27-32,48H,14-15H2,1-10H3/t16?,17?,25-,27?,28?,29?,30?,31?,32?,35+,36+,37-,38+/m1/s1. The summed E-state index contributed by atoms with van der Waals surface area (Å²) in [6.07, 6.45) is -10.5. The molecule has 5 rings (SSSR count). The molecule has 4 aliphatic rings. The molecule has 1 spiro atoms. The first-order chi connectivity index (χ1) is 26.5. The number of rotatable bonds is 7. The highest BCUT2D eigenvalue weighted by Crippen LogP contribution is 2.70. The van der Waals surface area contributed by atoms with Crippen LogP contribution in [-0.2, 0) is 76.2 Å². The minimum Gasteiger partial charge on any atom is -0.465 e. The highest BCUT2D eigenvalue weighted by Gasteiger charge is 2.92. The molecular weight excluding hydrogens is 758 g/mol. The van der Waals surface area contributed by atoms with E-state index in [4.69, 9.17) is 42.6 Å². The fourth-order valence-corrected chi connectivity index (χ4v) is 9.25. The van der Waals surface area contributed by atoms with Gasteiger partial charge in [0.25, 0.3) is 0 Å². The van der Waals surface area contributed by atoms with Crippen molar-refractivity contribution >= 4 is 47.8 Å². The van der Waals surface area contributed by atoms with E-state index >= 15 is 0 Å². The molecule has 4 bridgehead atoms. The number of fused-ring (bicyclic) bond motifs is 5. The number of cyclic esters (lactones) is 1. The molecule has 2 aliphatic carbocycles. The molecule has 1 aromatic rings. The number of hydrogen-bond acceptors (Lipinski definition) is 19. The van der Waals surface area contributed by atoms with E-state index in [1.807, 2.05) is 0 Å². The first-order valence-corrected chi connectivity index (χ1v) is 18.2. The summed E-state index contributed by atoms with van der Waals surface area (Å²) < 4.78 is 54.3. The Morgan fingerprint density at radius 1 is 0.772 bits per heavy atom. The largest absolute Gasteiger partial charge is 0.465 e. The summed E-state index contributed by atoms with van der Waals surface area (Å²) in [5.41, 5.74) is -10.1. The van der Waals surface area contributed by atoms with E-state index in [2.05, 4.69) is 4.98 Å². The van der Waals surface area contributed by atoms with Crippen LogP contribution in [0.3, 0.4) is 0 Å². The molecule has 19 nitrogen and oxygen atoms in total. The second kappa shape index (κ2) is 15.3. The Hall–Kier alpha value is -5.17. The van der Waals surface area contributed by atoms with Gasteiger partial charge in [0, 0.05) is 53.7 Å². The highest BCUT2D eigenvalue weighted by molar-refractivity contribution is 5.91. The molecule has 3 fully saturated rings. The Morgan fingerprint density at radius 3 is 1.84 bits per heavy atom. The van der Waals surface area contributed by atoms with Crippen LogP contribution in [0.5, 0.6) is 0 Å². The molecule has 2 saturated carbocycles. The molecule has 8 unspecified atom stereocenters. The second-order valence-corrected chi connectivity index (χ2v) is 15.3. The first kappa shape index (κ1) is 43.0. The third-order valence-electron chi connectivity index (χ3n) is 11.4. The molecule has 19 heteroatoms. The summed E-state index contributed by atoms with van der Waals surface area (Å²) in [6.45, 7) is 9.67. The molecule has 1 N–H and O–H groups in total. The molecule has 1 saturated heterocycles. The Balaban J connectivity index is 2.01. The lowest BCUT2D eigenvalue weighted by Gasteiger charge is -2.67. The van der Waals surface area contributed by atoms with Crippen LogP contribution < -0.4 is 0 Å². The van der Waals surface area contributed by atoms with Crippen molar-refractivity contribution in [3.8, 4) is 0 Å². The lowest BCUT2D eigenvalue weighted by Crippen LogP contribution is -2.89. The van der Waals surface area contributed by atoms with Crippen molar-refractivity contribution in [1.29, 1.82) is 0 Å². The van der Waals surface area contributed by atoms with Crippen LogP contribution >= 0.6 is 0 Å². The summed E-state index contributed by atoms with van der Waals surface area (Å²) in [4.78, 5) is 111. The molecule has 13 atom stereocenters. The zero-order valence-electron chi connectivity index (χ0n) is 33.2. The van der Waals surface area contributed by atoms with Gasteiger partial charge in [-0.2, -0.15) is 0 Å². The van der Waals surface area contributed by atoms with Crippen LogP contribution in [0, 0.1) is 17.3 Å². The summed E-state index contributed by atoms with van der Waals surface area (Å²) in [7, 11) is 0. The monoisotopic (exact) mass is 805 g/mol. The van der Waals surface area contributed by atoms with Crippen molar-refractivity contribution in [3.05, 3.63) is 29.6 Å². The van der Waals surface area contributed by atoms with Gasteiger partial charge in [-0.05, 0) is 26.0 Å². The number of carbonyl (C=O) groups is 8. The summed E-state index contributed by atoms with van der Waals surface area (Å²) in [5.74, 6) is -11.6. The molecule has 0 amide bonds. The summed E-state index contributed by atoms with van der Waals surface area (Å²) in [6, 6.07) is 2.89. The van der Waals surface area contributed by atoms with E-state index in [9.17, 15) is 43.5 Å². The van der Waals surface area contributed by atoms with Crippen LogP contribution in [0.4, 0.5) is 0 Å². The Bertz CT molecular complexity index is 1860. The fourth-order valence-electron chi connectivity index (χ4n) is 9.25. The predicted molar refractivity (Wildman–Crippen MR) is 185 cm³/mol. The minimum absolute atomic E-state index is 0.0422. The molecular formula is C38H47NO18. The summed E-state index contributed by atoms with van der Waals surface area (Å²) >= 11 is 0. The average Bonchev–Trinajstić information content (AvgIpc) is 3.32. The Kier molecular flexibility index (Phi) is 11.5. The molecule has 0 radical (unpaired) electrons. The molecule has 312 valence electrons. The second-order valence-electron chi connectivity index (χ2n) is 15.3. The lowest BCUT2D eigenvalue weighted by molar-refractivity contribution is -0.387. The molecule has 2 aliphatic heterocycles. The molecule has 1 aromatic heterocycles. The van der Waals surface area contributed by atoms with Crippen LogP contribution in [0.25, 0.3) is 0 Å². The van der Waals surface area contributed by atoms with Crippen molar-refractivity contribution in [3.63, 3.8) is 0 Å². The van der Waals surface area contributed by atoms with Gasteiger partial charge >= 0.3 is 47.8 Å². The van der Waals surface area contributed by atoms with Gasteiger partial charge in [-0.25, -0.2) is 4.79 Å². The normalized spacial score (nSPS) is 38.2. The maximum absolute atomic E-state index is 14.3. The number of carbonyl (C=O) groups excluding carboxylic acids is 8. The highest BCUT2D eigenvalue weighted by atomic mass is 16.7. The predicted octanol–water partition coefficient (Wildman–Crippen LogP) is 1.03. The van der Waals surface area contributed by atoms with E-state index < -0.39 is 138 Å². The van der Waals surface area contributed by atoms with Gasteiger partial charge in [-0.15, -0.1) is 0 Å². The van der Waals surface area contributed by atoms with Gasteiger partial charge in [0.1, 0.15) is 42.0 Å². The number of nitrogens with zero attached hydrogens (tertiary/aromatic N) is 1. The van der Waals surface area contributed by atoms with Crippen LogP contribution in [0.2, 0.25) is 0 Å². The van der Waals surface area contributed by atoms with Crippen LogP contribution in [0.1, 0.15) is 91.2 Å². The molecule has 3 heterocycles. The van der Waals surface area contributed by atoms with Crippen molar-refractivity contribution in [2.75, 3.05) is 13.2 Å². The van der Waals surface area contributed by atoms with Crippen LogP contribution in [-0.4, -0.2) is 124 Å². The fraction of sp³-hybridized carbons (Fsp3) is 0.658. The van der Waals surface area contributed by atoms with Crippen molar-refractivity contribution in [2.45, 2.75) is 129 Å². The van der Waals surface area contributed by atoms with Crippen molar-refractivity contribution in [1.82, 2.24) is 4.98 Å². The first-order valence-electron chi connectivity index (χ1n) is 18.2. The number of ether oxygens (including phenoxy) is 9. The van der Waals surface area contributed by atoms with Crippen molar-refractivity contribution in [2.24, 2.45) is 17.3 Å². The van der Waals surface area contributed by atoms with E-state index in [0.29, 0.717) is 0 Å². The lowest BCUT2D eigenvalue weighted by atomic mass is 9.45. The maximum Gasteiger partial charge on any atom is 0.340 e. The average molecular weight is 806 g/mol. The number of hydrogen-bond donors (Lipinski definition) is 1. The zero-order chi connectivity index (χ0) is 42.6. The topological polar surface area (TPSA) is 253 Å². The zero-order valence-corrected chi connectivity index (χ0v) is 33.2. The maximum atomic E-state index is 14.3. The van der Waals surface area contributed by atoms with Gasteiger partial charge in [-0.3, -0.25) is 38.5 Å². The van der Waals surface area contributed by atoms with Gasteiger partial charge in [-0.1, -0.05) is 13.8 Å². The number of esters is 8. The minimum atomic E-state index is -2.82. The van der Waals surface area contributed by atoms with Gasteiger partial charge in [0.15, 0.2) is 30.0 Å². The third kappa shape index (κ3) is 6.97. The van der Waals surface area contributed by atoms with E-state index in [-0.39, 0.29) is 11.3 Å². The smallest absolute Gasteiger partial charge is 0.340 e. The van der Waals surface area contributed by atoms with Crippen molar-refractivity contribution < 1.29 is 86.1 Å². The Labute approximate surface area is 327 Å². The van der Waals surface area contributed by atoms with E-state index in [0.717, 1.165) is 48.5 Å². The number of aromatic nitrogens is 1. The van der Waals surface area contributed by atoms with Gasteiger partial charge in [0.05, 0.1) is 23.1 Å². The quantitative estimate of drug-likeness (QED) is 0.298. The van der Waals surface area contributed by atoms with Crippen LogP contribution in [0.15, 0.2) is 18.3 Å². The van der Waals surface area contributed by atoms with E-state index in [1.165, 1.54) is 32.2 Å². The summed E-state index contributed by atoms with van der Waals surface area (Å²) in [5, 5.41) is 13.4. The van der Waals surface area contributed by atoms with Gasteiger partial charge < -0.3 is 47.7 Å². The number of pyridine rings is 1.